The predicted octanol–water partition coefficient (Wildman–Crippen LogP) is 1.82. The smallest absolute Gasteiger partial charge is 0.0466 e. The summed E-state index contributed by atoms with van der Waals surface area (Å²) >= 11 is 0. The zero-order valence-corrected chi connectivity index (χ0v) is 9.84. The molecule has 86 valence electrons. The first-order chi connectivity index (χ1) is 6.85. The number of methoxy groups -OCH3 is 1. The Morgan fingerprint density at radius 3 is 2.29 bits per heavy atom. The summed E-state index contributed by atoms with van der Waals surface area (Å²) in [5, 5.41) is 3.33. The lowest BCUT2D eigenvalue weighted by atomic mass is 10.1. The van der Waals surface area contributed by atoms with Gasteiger partial charge in [0, 0.05) is 33.0 Å². The van der Waals surface area contributed by atoms with Crippen LogP contribution < -0.4 is 5.32 Å². The number of nitrogens with one attached hydrogen (secondary N) is 1. The van der Waals surface area contributed by atoms with Crippen LogP contribution in [0.3, 0.4) is 0 Å². The van der Waals surface area contributed by atoms with Gasteiger partial charge in [-0.3, -0.25) is 0 Å². The second kappa shape index (κ2) is 11.0. The molecule has 0 aliphatic carbocycles. The van der Waals surface area contributed by atoms with Crippen LogP contribution in [-0.4, -0.2) is 40.0 Å². The lowest BCUT2D eigenvalue weighted by Gasteiger charge is -2.15. The minimum Gasteiger partial charge on any atom is -0.385 e. The van der Waals surface area contributed by atoms with Crippen LogP contribution in [0.25, 0.3) is 0 Å². The summed E-state index contributed by atoms with van der Waals surface area (Å²) in [6, 6.07) is 0.616. The Bertz CT molecular complexity index is 109. The van der Waals surface area contributed by atoms with E-state index in [1.807, 2.05) is 14.0 Å². The lowest BCUT2D eigenvalue weighted by molar-refractivity contribution is 0.139. The largest absolute Gasteiger partial charge is 0.385 e. The lowest BCUT2D eigenvalue weighted by Crippen LogP contribution is -2.25. The van der Waals surface area contributed by atoms with Crippen molar-refractivity contribution in [2.45, 2.75) is 38.6 Å². The topological polar surface area (TPSA) is 30.5 Å². The maximum absolute atomic E-state index is 5.30. The fourth-order valence-corrected chi connectivity index (χ4v) is 1.48. The molecule has 1 N–H and O–H groups in total. The average molecular weight is 203 g/mol. The third-order valence-corrected chi connectivity index (χ3v) is 2.35. The number of ether oxygens (including phenoxy) is 2. The summed E-state index contributed by atoms with van der Waals surface area (Å²) in [5.41, 5.74) is 0. The molecule has 0 radical (unpaired) electrons. The Labute approximate surface area is 88.2 Å². The van der Waals surface area contributed by atoms with Crippen LogP contribution in [0.5, 0.6) is 0 Å². The molecule has 0 aromatic rings. The van der Waals surface area contributed by atoms with E-state index in [2.05, 4.69) is 5.32 Å². The molecule has 0 spiro atoms. The molecule has 0 saturated carbocycles. The van der Waals surface area contributed by atoms with E-state index in [4.69, 9.17) is 9.47 Å². The highest BCUT2D eigenvalue weighted by molar-refractivity contribution is 4.64. The van der Waals surface area contributed by atoms with Gasteiger partial charge in [0.15, 0.2) is 0 Å². The first-order valence-electron chi connectivity index (χ1n) is 5.59. The zero-order valence-electron chi connectivity index (χ0n) is 9.84. The molecule has 0 rings (SSSR count). The average Bonchev–Trinajstić information content (AvgIpc) is 2.22. The fraction of sp³-hybridized carbons (Fsp3) is 1.00. The SMILES string of the molecule is CCOCCCC(CCCOC)NC. The molecule has 0 saturated heterocycles. The second-order valence-electron chi connectivity index (χ2n) is 3.46. The Kier molecular flexibility index (Phi) is 10.9. The van der Waals surface area contributed by atoms with Gasteiger partial charge in [-0.1, -0.05) is 0 Å². The van der Waals surface area contributed by atoms with E-state index in [1.54, 1.807) is 7.11 Å². The normalized spacial score (nSPS) is 13.1. The first kappa shape index (κ1) is 13.9. The van der Waals surface area contributed by atoms with Crippen molar-refractivity contribution in [1.82, 2.24) is 5.32 Å². The first-order valence-corrected chi connectivity index (χ1v) is 5.59. The molecule has 0 aromatic carbocycles. The summed E-state index contributed by atoms with van der Waals surface area (Å²) in [6.45, 7) is 4.62. The van der Waals surface area contributed by atoms with Crippen molar-refractivity contribution in [3.05, 3.63) is 0 Å². The molecule has 3 heteroatoms. The highest BCUT2D eigenvalue weighted by atomic mass is 16.5. The van der Waals surface area contributed by atoms with Gasteiger partial charge in [-0.15, -0.1) is 0 Å². The molecular formula is C11H25NO2. The van der Waals surface area contributed by atoms with E-state index in [0.29, 0.717) is 6.04 Å². The molecule has 1 unspecified atom stereocenters. The molecule has 0 heterocycles. The minimum atomic E-state index is 0.616. The van der Waals surface area contributed by atoms with Gasteiger partial charge in [-0.2, -0.15) is 0 Å². The van der Waals surface area contributed by atoms with Crippen molar-refractivity contribution < 1.29 is 9.47 Å². The highest BCUT2D eigenvalue weighted by Gasteiger charge is 2.04. The molecule has 0 aromatic heterocycles. The van der Waals surface area contributed by atoms with E-state index in [0.717, 1.165) is 32.7 Å². The van der Waals surface area contributed by atoms with Crippen LogP contribution in [0.2, 0.25) is 0 Å². The maximum Gasteiger partial charge on any atom is 0.0466 e. The zero-order chi connectivity index (χ0) is 10.6. The third kappa shape index (κ3) is 8.48. The van der Waals surface area contributed by atoms with E-state index < -0.39 is 0 Å². The van der Waals surface area contributed by atoms with Gasteiger partial charge in [0.25, 0.3) is 0 Å². The molecule has 0 aliphatic heterocycles. The summed E-state index contributed by atoms with van der Waals surface area (Å²) < 4.78 is 10.3. The van der Waals surface area contributed by atoms with Crippen molar-refractivity contribution in [2.24, 2.45) is 0 Å². The van der Waals surface area contributed by atoms with E-state index in [-0.39, 0.29) is 0 Å². The fourth-order valence-electron chi connectivity index (χ4n) is 1.48. The van der Waals surface area contributed by atoms with Crippen LogP contribution in [-0.2, 0) is 9.47 Å². The summed E-state index contributed by atoms with van der Waals surface area (Å²) in [5.74, 6) is 0. The number of rotatable bonds is 10. The Morgan fingerprint density at radius 1 is 1.14 bits per heavy atom. The molecule has 0 bridgehead atoms. The van der Waals surface area contributed by atoms with Crippen LogP contribution in [0.1, 0.15) is 32.6 Å². The Balaban J connectivity index is 3.28. The van der Waals surface area contributed by atoms with Crippen molar-refractivity contribution in [3.63, 3.8) is 0 Å². The van der Waals surface area contributed by atoms with Gasteiger partial charge in [0.05, 0.1) is 0 Å². The van der Waals surface area contributed by atoms with E-state index in [1.165, 1.54) is 12.8 Å². The van der Waals surface area contributed by atoms with E-state index >= 15 is 0 Å². The van der Waals surface area contributed by atoms with Gasteiger partial charge < -0.3 is 14.8 Å². The van der Waals surface area contributed by atoms with Gasteiger partial charge in [-0.05, 0) is 39.7 Å². The minimum absolute atomic E-state index is 0.616. The quantitative estimate of drug-likeness (QED) is 0.549. The molecular weight excluding hydrogens is 178 g/mol. The molecule has 1 atom stereocenters. The molecule has 14 heavy (non-hydrogen) atoms. The van der Waals surface area contributed by atoms with Gasteiger partial charge in [0.1, 0.15) is 0 Å². The van der Waals surface area contributed by atoms with Crippen LogP contribution in [0.4, 0.5) is 0 Å². The van der Waals surface area contributed by atoms with E-state index in [9.17, 15) is 0 Å². The Morgan fingerprint density at radius 2 is 1.79 bits per heavy atom. The monoisotopic (exact) mass is 203 g/mol. The van der Waals surface area contributed by atoms with Crippen molar-refractivity contribution in [1.29, 1.82) is 0 Å². The molecule has 0 amide bonds. The highest BCUT2D eigenvalue weighted by Crippen LogP contribution is 2.04. The van der Waals surface area contributed by atoms with Gasteiger partial charge >= 0.3 is 0 Å². The van der Waals surface area contributed by atoms with Crippen molar-refractivity contribution in [2.75, 3.05) is 34.0 Å². The maximum atomic E-state index is 5.30. The standard InChI is InChI=1S/C11H25NO2/c1-4-14-10-6-8-11(12-2)7-5-9-13-3/h11-12H,4-10H2,1-3H3. The van der Waals surface area contributed by atoms with Gasteiger partial charge in [0.2, 0.25) is 0 Å². The van der Waals surface area contributed by atoms with Crippen LogP contribution >= 0.6 is 0 Å². The molecule has 0 fully saturated rings. The third-order valence-electron chi connectivity index (χ3n) is 2.35. The summed E-state index contributed by atoms with van der Waals surface area (Å²) in [6.07, 6.45) is 4.67. The number of hydrogen-bond acceptors (Lipinski definition) is 3. The summed E-state index contributed by atoms with van der Waals surface area (Å²) in [7, 11) is 3.78. The predicted molar refractivity (Wildman–Crippen MR) is 59.7 cm³/mol. The number of hydrogen-bond donors (Lipinski definition) is 1. The Hall–Kier alpha value is -0.120. The van der Waals surface area contributed by atoms with Crippen LogP contribution in [0, 0.1) is 0 Å². The summed E-state index contributed by atoms with van der Waals surface area (Å²) in [4.78, 5) is 0. The van der Waals surface area contributed by atoms with Gasteiger partial charge in [-0.25, -0.2) is 0 Å². The van der Waals surface area contributed by atoms with Crippen molar-refractivity contribution >= 4 is 0 Å². The van der Waals surface area contributed by atoms with Crippen molar-refractivity contribution in [3.8, 4) is 0 Å². The molecule has 0 aliphatic rings. The van der Waals surface area contributed by atoms with Crippen LogP contribution in [0.15, 0.2) is 0 Å². The molecule has 3 nitrogen and oxygen atoms in total. The second-order valence-corrected chi connectivity index (χ2v) is 3.46.